The number of amidine groups is 1. The van der Waals surface area contributed by atoms with Crippen LogP contribution in [0.5, 0.6) is 5.75 Å². The van der Waals surface area contributed by atoms with Crippen molar-refractivity contribution in [3.63, 3.8) is 0 Å². The van der Waals surface area contributed by atoms with E-state index in [0.717, 1.165) is 17.3 Å². The summed E-state index contributed by atoms with van der Waals surface area (Å²) in [5.74, 6) is -0.388. The van der Waals surface area contributed by atoms with Crippen molar-refractivity contribution in [2.24, 2.45) is 4.99 Å². The van der Waals surface area contributed by atoms with Crippen LogP contribution in [0.1, 0.15) is 12.5 Å². The normalized spacial score (nSPS) is 15.3. The average molecular weight is 476 g/mol. The molecule has 4 rings (SSSR count). The third kappa shape index (κ3) is 5.35. The number of carbonyl (C=O) groups excluding carboxylic acids is 2. The van der Waals surface area contributed by atoms with Gasteiger partial charge in [-0.05, 0) is 55.0 Å². The van der Waals surface area contributed by atoms with Crippen LogP contribution in [0.2, 0.25) is 0 Å². The number of rotatable bonds is 6. The highest BCUT2D eigenvalue weighted by atomic mass is 32.2. The van der Waals surface area contributed by atoms with Crippen molar-refractivity contribution in [3.05, 3.63) is 95.9 Å². The van der Waals surface area contributed by atoms with Crippen molar-refractivity contribution in [3.8, 4) is 5.75 Å². The highest BCUT2D eigenvalue weighted by molar-refractivity contribution is 8.15. The Bertz CT molecular complexity index is 1260. The number of thioether (sulfide) groups is 1. The van der Waals surface area contributed by atoms with Crippen LogP contribution in [0.4, 0.5) is 15.8 Å². The Morgan fingerprint density at radius 3 is 2.53 bits per heavy atom. The summed E-state index contributed by atoms with van der Waals surface area (Å²) in [7, 11) is 1.55. The van der Waals surface area contributed by atoms with Gasteiger partial charge in [-0.1, -0.05) is 48.2 Å². The number of halogens is 1. The third-order valence-electron chi connectivity index (χ3n) is 5.01. The highest BCUT2D eigenvalue weighted by Crippen LogP contribution is 2.31. The number of methoxy groups -OCH3 is 1. The number of anilines is 2. The molecular formula is C26H22FN3O3S. The lowest BCUT2D eigenvalue weighted by molar-refractivity contribution is -0.115. The molecule has 6 nitrogen and oxygen atoms in total. The number of ether oxygens (including phenoxy) is 1. The zero-order valence-corrected chi connectivity index (χ0v) is 19.4. The Labute approximate surface area is 201 Å². The van der Waals surface area contributed by atoms with Gasteiger partial charge in [0, 0.05) is 11.8 Å². The maximum Gasteiger partial charge on any atom is 0.283 e. The Balaban J connectivity index is 1.59. The molecule has 3 aromatic rings. The number of nitrogens with zero attached hydrogens (tertiary/aromatic N) is 2. The van der Waals surface area contributed by atoms with E-state index >= 15 is 0 Å². The molecule has 0 saturated carbocycles. The molecule has 8 heteroatoms. The molecule has 0 radical (unpaired) electrons. The Morgan fingerprint density at radius 2 is 1.82 bits per heavy atom. The fourth-order valence-corrected chi connectivity index (χ4v) is 4.18. The first-order chi connectivity index (χ1) is 16.4. The van der Waals surface area contributed by atoms with Crippen LogP contribution < -0.4 is 15.0 Å². The minimum atomic E-state index is -0.572. The number of hydrogen-bond donors (Lipinski definition) is 1. The lowest BCUT2D eigenvalue weighted by atomic mass is 10.2. The molecule has 0 bridgehead atoms. The van der Waals surface area contributed by atoms with E-state index in [1.807, 2.05) is 30.3 Å². The van der Waals surface area contributed by atoms with Crippen molar-refractivity contribution >= 4 is 46.2 Å². The van der Waals surface area contributed by atoms with Crippen molar-refractivity contribution < 1.29 is 18.7 Å². The van der Waals surface area contributed by atoms with Gasteiger partial charge < -0.3 is 10.1 Å². The molecule has 3 aromatic carbocycles. The predicted octanol–water partition coefficient (Wildman–Crippen LogP) is 5.34. The van der Waals surface area contributed by atoms with E-state index < -0.39 is 11.1 Å². The van der Waals surface area contributed by atoms with Crippen LogP contribution in [0.15, 0.2) is 89.6 Å². The van der Waals surface area contributed by atoms with Crippen LogP contribution in [-0.2, 0) is 9.59 Å². The van der Waals surface area contributed by atoms with Gasteiger partial charge in [0.1, 0.15) is 17.3 Å². The van der Waals surface area contributed by atoms with Gasteiger partial charge in [-0.25, -0.2) is 9.38 Å². The molecule has 172 valence electrons. The SMILES string of the molecule is COc1cccc(NC(=O)[C@H](C)SC2=N/C(=C/c3ccccc3)C(=O)N2c2ccc(F)cc2)c1. The van der Waals surface area contributed by atoms with E-state index in [2.05, 4.69) is 10.3 Å². The summed E-state index contributed by atoms with van der Waals surface area (Å²) >= 11 is 1.15. The van der Waals surface area contributed by atoms with E-state index in [-0.39, 0.29) is 17.5 Å². The molecular weight excluding hydrogens is 453 g/mol. The van der Waals surface area contributed by atoms with Crippen molar-refractivity contribution in [1.29, 1.82) is 0 Å². The van der Waals surface area contributed by atoms with Crippen molar-refractivity contribution in [1.82, 2.24) is 0 Å². The maximum absolute atomic E-state index is 13.5. The summed E-state index contributed by atoms with van der Waals surface area (Å²) in [4.78, 5) is 32.0. The smallest absolute Gasteiger partial charge is 0.283 e. The second kappa shape index (κ2) is 10.4. The molecule has 2 amide bonds. The van der Waals surface area contributed by atoms with Crippen LogP contribution in [-0.4, -0.2) is 29.3 Å². The zero-order chi connectivity index (χ0) is 24.1. The molecule has 1 heterocycles. The minimum absolute atomic E-state index is 0.235. The van der Waals surface area contributed by atoms with Crippen LogP contribution in [0.25, 0.3) is 6.08 Å². The lowest BCUT2D eigenvalue weighted by Crippen LogP contribution is -2.33. The summed E-state index contributed by atoms with van der Waals surface area (Å²) < 4.78 is 18.7. The summed E-state index contributed by atoms with van der Waals surface area (Å²) in [5, 5.41) is 2.62. The van der Waals surface area contributed by atoms with E-state index in [1.54, 1.807) is 44.4 Å². The van der Waals surface area contributed by atoms with Gasteiger partial charge in [-0.15, -0.1) is 0 Å². The predicted molar refractivity (Wildman–Crippen MR) is 134 cm³/mol. The molecule has 0 fully saturated rings. The van der Waals surface area contributed by atoms with Gasteiger partial charge in [-0.2, -0.15) is 0 Å². The molecule has 0 unspecified atom stereocenters. The number of aliphatic imine (C=N–C) groups is 1. The fraction of sp³-hybridized carbons (Fsp3) is 0.115. The van der Waals surface area contributed by atoms with E-state index in [0.29, 0.717) is 22.3 Å². The van der Waals surface area contributed by atoms with Crippen LogP contribution in [0.3, 0.4) is 0 Å². The van der Waals surface area contributed by atoms with Crippen molar-refractivity contribution in [2.75, 3.05) is 17.3 Å². The standard InChI is InChI=1S/C26H22FN3O3S/c1-17(24(31)28-20-9-6-10-22(16-20)33-2)34-26-29-23(15-18-7-4-3-5-8-18)25(32)30(26)21-13-11-19(27)12-14-21/h3-17H,1-2H3,(H,28,31)/b23-15+/t17-/m0/s1. The topological polar surface area (TPSA) is 71.0 Å². The van der Waals surface area contributed by atoms with Crippen LogP contribution in [0, 0.1) is 5.82 Å². The van der Waals surface area contributed by atoms with E-state index in [1.165, 1.54) is 29.2 Å². The van der Waals surface area contributed by atoms with E-state index in [4.69, 9.17) is 4.74 Å². The molecule has 1 aliphatic rings. The first-order valence-corrected chi connectivity index (χ1v) is 11.4. The lowest BCUT2D eigenvalue weighted by Gasteiger charge is -2.20. The maximum atomic E-state index is 13.5. The molecule has 0 aliphatic carbocycles. The molecule has 34 heavy (non-hydrogen) atoms. The molecule has 1 N–H and O–H groups in total. The quantitative estimate of drug-likeness (QED) is 0.489. The second-order valence-electron chi connectivity index (χ2n) is 7.43. The van der Waals surface area contributed by atoms with E-state index in [9.17, 15) is 14.0 Å². The van der Waals surface area contributed by atoms with Gasteiger partial charge in [0.2, 0.25) is 5.91 Å². The summed E-state index contributed by atoms with van der Waals surface area (Å²) in [5.41, 5.74) is 2.12. The largest absolute Gasteiger partial charge is 0.497 e. The van der Waals surface area contributed by atoms with Crippen molar-refractivity contribution in [2.45, 2.75) is 12.2 Å². The monoisotopic (exact) mass is 475 g/mol. The highest BCUT2D eigenvalue weighted by Gasteiger charge is 2.34. The fourth-order valence-electron chi connectivity index (χ4n) is 3.26. The average Bonchev–Trinajstić information content (AvgIpc) is 3.14. The molecule has 0 aromatic heterocycles. The number of amides is 2. The van der Waals surface area contributed by atoms with Gasteiger partial charge in [0.15, 0.2) is 5.17 Å². The third-order valence-corrected chi connectivity index (χ3v) is 6.06. The van der Waals surface area contributed by atoms with Gasteiger partial charge in [0.25, 0.3) is 5.91 Å². The number of hydrogen-bond acceptors (Lipinski definition) is 5. The van der Waals surface area contributed by atoms with Gasteiger partial charge in [-0.3, -0.25) is 14.5 Å². The number of nitrogens with one attached hydrogen (secondary N) is 1. The van der Waals surface area contributed by atoms with Crippen LogP contribution >= 0.6 is 11.8 Å². The molecule has 0 spiro atoms. The van der Waals surface area contributed by atoms with Gasteiger partial charge in [0.05, 0.1) is 18.0 Å². The summed E-state index contributed by atoms with van der Waals surface area (Å²) in [6.07, 6.45) is 1.69. The number of benzene rings is 3. The molecule has 0 saturated heterocycles. The Hall–Kier alpha value is -3.91. The summed E-state index contributed by atoms with van der Waals surface area (Å²) in [6, 6.07) is 22.0. The first-order valence-electron chi connectivity index (χ1n) is 10.5. The zero-order valence-electron chi connectivity index (χ0n) is 18.6. The second-order valence-corrected chi connectivity index (χ2v) is 8.74. The Kier molecular flexibility index (Phi) is 7.08. The molecule has 1 aliphatic heterocycles. The van der Waals surface area contributed by atoms with Gasteiger partial charge >= 0.3 is 0 Å². The summed E-state index contributed by atoms with van der Waals surface area (Å²) in [6.45, 7) is 1.73. The minimum Gasteiger partial charge on any atom is -0.497 e. The first kappa shape index (κ1) is 23.3. The number of carbonyl (C=O) groups is 2. The Morgan fingerprint density at radius 1 is 1.09 bits per heavy atom. The molecule has 1 atom stereocenters.